The Labute approximate surface area is 62.1 Å². The second kappa shape index (κ2) is 3.32. The minimum atomic E-state index is 0.213. The average molecular weight is 144 g/mol. The van der Waals surface area contributed by atoms with Crippen LogP contribution >= 0.6 is 0 Å². The number of likely N-dealkylation sites (tertiary alicyclic amines) is 1. The molecule has 1 heterocycles. The highest BCUT2D eigenvalue weighted by atomic mass is 16.5. The van der Waals surface area contributed by atoms with Crippen molar-refractivity contribution in [3.63, 3.8) is 0 Å². The summed E-state index contributed by atoms with van der Waals surface area (Å²) >= 11 is 0. The molecule has 1 saturated heterocycles. The van der Waals surface area contributed by atoms with Gasteiger partial charge in [-0.05, 0) is 6.54 Å². The maximum Gasteiger partial charge on any atom is 0.0861 e. The van der Waals surface area contributed by atoms with Crippen LogP contribution in [0.3, 0.4) is 0 Å². The van der Waals surface area contributed by atoms with E-state index in [9.17, 15) is 0 Å². The van der Waals surface area contributed by atoms with Crippen molar-refractivity contribution in [3.8, 4) is 0 Å². The molecule has 1 aliphatic heterocycles. The van der Waals surface area contributed by atoms with Gasteiger partial charge in [0.25, 0.3) is 0 Å². The summed E-state index contributed by atoms with van der Waals surface area (Å²) in [4.78, 5) is 2.30. The van der Waals surface area contributed by atoms with Gasteiger partial charge in [0.2, 0.25) is 0 Å². The Morgan fingerprint density at radius 3 is 2.60 bits per heavy atom. The lowest BCUT2D eigenvalue weighted by molar-refractivity contribution is 0.0988. The van der Waals surface area contributed by atoms with Crippen molar-refractivity contribution in [1.29, 1.82) is 0 Å². The van der Waals surface area contributed by atoms with Crippen LogP contribution in [-0.2, 0) is 4.74 Å². The summed E-state index contributed by atoms with van der Waals surface area (Å²) in [6.07, 6.45) is 0.250. The van der Waals surface area contributed by atoms with E-state index >= 15 is 0 Å². The van der Waals surface area contributed by atoms with Gasteiger partial charge in [-0.25, -0.2) is 0 Å². The third-order valence-electron chi connectivity index (χ3n) is 2.13. The minimum absolute atomic E-state index is 0.213. The van der Waals surface area contributed by atoms with Gasteiger partial charge in [0.1, 0.15) is 0 Å². The molecule has 60 valence electrons. The Hall–Kier alpha value is -0.120. The average Bonchev–Trinajstić information content (AvgIpc) is 2.30. The quantitative estimate of drug-likeness (QED) is 0.576. The van der Waals surface area contributed by atoms with Gasteiger partial charge in [-0.15, -0.1) is 0 Å². The molecule has 10 heavy (non-hydrogen) atoms. The van der Waals surface area contributed by atoms with Crippen molar-refractivity contribution in [2.45, 2.75) is 19.1 Å². The normalized spacial score (nSPS) is 35.1. The first-order valence-corrected chi connectivity index (χ1v) is 3.78. The fourth-order valence-corrected chi connectivity index (χ4v) is 1.39. The molecule has 0 bridgehead atoms. The van der Waals surface area contributed by atoms with Gasteiger partial charge in [0, 0.05) is 26.2 Å². The van der Waals surface area contributed by atoms with Crippen LogP contribution in [0, 0.1) is 0 Å². The number of rotatable bonds is 2. The van der Waals surface area contributed by atoms with Crippen molar-refractivity contribution in [3.05, 3.63) is 0 Å². The topological polar surface area (TPSA) is 38.5 Å². The molecule has 0 aromatic rings. The van der Waals surface area contributed by atoms with E-state index in [2.05, 4.69) is 11.8 Å². The van der Waals surface area contributed by atoms with Crippen LogP contribution in [-0.4, -0.2) is 43.8 Å². The van der Waals surface area contributed by atoms with E-state index in [0.29, 0.717) is 0 Å². The number of likely N-dealkylation sites (N-methyl/N-ethyl adjacent to an activating group) is 1. The van der Waals surface area contributed by atoms with Gasteiger partial charge in [-0.2, -0.15) is 0 Å². The minimum Gasteiger partial charge on any atom is -0.378 e. The molecule has 0 amide bonds. The van der Waals surface area contributed by atoms with Crippen LogP contribution in [0.4, 0.5) is 0 Å². The van der Waals surface area contributed by atoms with Gasteiger partial charge in [0.15, 0.2) is 0 Å². The summed E-state index contributed by atoms with van der Waals surface area (Å²) in [7, 11) is 1.73. The first-order chi connectivity index (χ1) is 4.77. The van der Waals surface area contributed by atoms with Crippen LogP contribution in [0.1, 0.15) is 6.92 Å². The van der Waals surface area contributed by atoms with Crippen LogP contribution in [0.5, 0.6) is 0 Å². The molecule has 0 saturated carbocycles. The predicted molar refractivity (Wildman–Crippen MR) is 40.9 cm³/mol. The highest BCUT2D eigenvalue weighted by Gasteiger charge is 2.28. The Morgan fingerprint density at radius 1 is 1.60 bits per heavy atom. The zero-order valence-corrected chi connectivity index (χ0v) is 6.71. The second-order valence-corrected chi connectivity index (χ2v) is 2.79. The Kier molecular flexibility index (Phi) is 2.65. The zero-order valence-electron chi connectivity index (χ0n) is 6.71. The van der Waals surface area contributed by atoms with E-state index in [1.807, 2.05) is 0 Å². The molecule has 3 heteroatoms. The summed E-state index contributed by atoms with van der Waals surface area (Å²) in [6, 6.07) is 0.213. The van der Waals surface area contributed by atoms with E-state index in [1.54, 1.807) is 7.11 Å². The van der Waals surface area contributed by atoms with Gasteiger partial charge < -0.3 is 10.5 Å². The van der Waals surface area contributed by atoms with Crippen LogP contribution in [0.2, 0.25) is 0 Å². The molecule has 0 unspecified atom stereocenters. The summed E-state index contributed by atoms with van der Waals surface area (Å²) in [5.41, 5.74) is 5.79. The van der Waals surface area contributed by atoms with Crippen LogP contribution < -0.4 is 5.73 Å². The fraction of sp³-hybridized carbons (Fsp3) is 1.00. The third kappa shape index (κ3) is 1.48. The molecule has 0 aromatic heterocycles. The Bertz CT molecular complexity index is 108. The predicted octanol–water partition coefficient (Wildman–Crippen LogP) is -0.336. The van der Waals surface area contributed by atoms with Gasteiger partial charge >= 0.3 is 0 Å². The first kappa shape index (κ1) is 7.98. The Balaban J connectivity index is 2.36. The first-order valence-electron chi connectivity index (χ1n) is 3.78. The number of nitrogens with two attached hydrogens (primary N) is 1. The fourth-order valence-electron chi connectivity index (χ4n) is 1.39. The van der Waals surface area contributed by atoms with Gasteiger partial charge in [0.05, 0.1) is 6.10 Å². The van der Waals surface area contributed by atoms with Gasteiger partial charge in [-0.1, -0.05) is 6.92 Å². The van der Waals surface area contributed by atoms with E-state index in [1.165, 1.54) is 0 Å². The van der Waals surface area contributed by atoms with Crippen molar-refractivity contribution >= 4 is 0 Å². The number of hydrogen-bond donors (Lipinski definition) is 1. The van der Waals surface area contributed by atoms with Crippen molar-refractivity contribution in [2.24, 2.45) is 5.73 Å². The highest BCUT2D eigenvalue weighted by Crippen LogP contribution is 2.09. The van der Waals surface area contributed by atoms with E-state index in [-0.39, 0.29) is 12.1 Å². The molecule has 0 radical (unpaired) electrons. The second-order valence-electron chi connectivity index (χ2n) is 2.79. The molecule has 1 fully saturated rings. The lowest BCUT2D eigenvalue weighted by Gasteiger charge is -2.11. The third-order valence-corrected chi connectivity index (χ3v) is 2.13. The molecule has 2 atom stereocenters. The van der Waals surface area contributed by atoms with Crippen molar-refractivity contribution in [1.82, 2.24) is 4.90 Å². The molecule has 0 aromatic carbocycles. The summed E-state index contributed by atoms with van der Waals surface area (Å²) in [6.45, 7) is 5.20. The zero-order chi connectivity index (χ0) is 7.56. The molecular weight excluding hydrogens is 128 g/mol. The molecule has 1 aliphatic rings. The van der Waals surface area contributed by atoms with Gasteiger partial charge in [-0.3, -0.25) is 4.90 Å². The SMILES string of the molecule is CCN1C[C@H](OC)[C@@H](N)C1. The maximum atomic E-state index is 5.79. The van der Waals surface area contributed by atoms with Crippen molar-refractivity contribution in [2.75, 3.05) is 26.7 Å². The van der Waals surface area contributed by atoms with E-state index < -0.39 is 0 Å². The standard InChI is InChI=1S/C7H16N2O/c1-3-9-4-6(8)7(5-9)10-2/h6-7H,3-5,8H2,1-2H3/t6-,7-/m0/s1. The largest absolute Gasteiger partial charge is 0.378 e. The summed E-state index contributed by atoms with van der Waals surface area (Å²) in [5.74, 6) is 0. The van der Waals surface area contributed by atoms with E-state index in [4.69, 9.17) is 10.5 Å². The Morgan fingerprint density at radius 2 is 2.30 bits per heavy atom. The lowest BCUT2D eigenvalue weighted by Crippen LogP contribution is -2.34. The lowest BCUT2D eigenvalue weighted by atomic mass is 10.2. The summed E-state index contributed by atoms with van der Waals surface area (Å²) in [5, 5.41) is 0. The molecular formula is C7H16N2O. The number of nitrogens with zero attached hydrogens (tertiary/aromatic N) is 1. The van der Waals surface area contributed by atoms with E-state index in [0.717, 1.165) is 19.6 Å². The van der Waals surface area contributed by atoms with Crippen LogP contribution in [0.25, 0.3) is 0 Å². The summed E-state index contributed by atoms with van der Waals surface area (Å²) < 4.78 is 5.19. The maximum absolute atomic E-state index is 5.79. The molecule has 2 N–H and O–H groups in total. The number of methoxy groups -OCH3 is 1. The van der Waals surface area contributed by atoms with Crippen molar-refractivity contribution < 1.29 is 4.74 Å². The van der Waals surface area contributed by atoms with Crippen LogP contribution in [0.15, 0.2) is 0 Å². The number of ether oxygens (including phenoxy) is 1. The monoisotopic (exact) mass is 144 g/mol. The molecule has 1 rings (SSSR count). The molecule has 3 nitrogen and oxygen atoms in total. The number of hydrogen-bond acceptors (Lipinski definition) is 3. The smallest absolute Gasteiger partial charge is 0.0861 e. The molecule has 0 spiro atoms. The molecule has 0 aliphatic carbocycles. The highest BCUT2D eigenvalue weighted by molar-refractivity contribution is 4.86.